The lowest BCUT2D eigenvalue weighted by Gasteiger charge is -2.23. The molecular formula is C14H21BrO2. The number of alkyl halides is 1. The summed E-state index contributed by atoms with van der Waals surface area (Å²) < 4.78 is 5.48. The molecule has 1 unspecified atom stereocenters. The average Bonchev–Trinajstić information content (AvgIpc) is 2.36. The van der Waals surface area contributed by atoms with E-state index >= 15 is 0 Å². The summed E-state index contributed by atoms with van der Waals surface area (Å²) in [5.74, 6) is 0.806. The quantitative estimate of drug-likeness (QED) is 0.815. The predicted octanol–water partition coefficient (Wildman–Crippen LogP) is 3.51. The first kappa shape index (κ1) is 14.5. The predicted molar refractivity (Wildman–Crippen MR) is 75.1 cm³/mol. The molecule has 1 aromatic carbocycles. The fourth-order valence-electron chi connectivity index (χ4n) is 1.44. The second-order valence-electron chi connectivity index (χ2n) is 4.88. The van der Waals surface area contributed by atoms with Crippen molar-refractivity contribution in [3.63, 3.8) is 0 Å². The summed E-state index contributed by atoms with van der Waals surface area (Å²) in [5, 5.41) is 9.90. The van der Waals surface area contributed by atoms with Crippen molar-refractivity contribution < 1.29 is 9.84 Å². The van der Waals surface area contributed by atoms with Crippen LogP contribution in [0, 0.1) is 0 Å². The molecule has 0 aliphatic carbocycles. The Morgan fingerprint density at radius 2 is 1.88 bits per heavy atom. The van der Waals surface area contributed by atoms with Gasteiger partial charge in [0.2, 0.25) is 0 Å². The minimum Gasteiger partial charge on any atom is -0.491 e. The number of hydrogen-bond acceptors (Lipinski definition) is 2. The van der Waals surface area contributed by atoms with E-state index in [1.807, 2.05) is 12.1 Å². The number of hydrogen-bond donors (Lipinski definition) is 1. The van der Waals surface area contributed by atoms with Crippen molar-refractivity contribution in [2.75, 3.05) is 11.9 Å². The molecule has 0 aromatic heterocycles. The summed E-state index contributed by atoms with van der Waals surface area (Å²) in [5.41, 5.74) is 1.52. The van der Waals surface area contributed by atoms with Crippen molar-refractivity contribution >= 4 is 15.9 Å². The second-order valence-corrected chi connectivity index (χ2v) is 5.53. The van der Waals surface area contributed by atoms with Crippen LogP contribution in [0.5, 0.6) is 5.75 Å². The summed E-state index contributed by atoms with van der Waals surface area (Å²) >= 11 is 3.21. The molecular weight excluding hydrogens is 280 g/mol. The van der Waals surface area contributed by atoms with Crippen molar-refractivity contribution in [2.45, 2.75) is 38.7 Å². The lowest BCUT2D eigenvalue weighted by molar-refractivity contribution is 0.127. The maximum atomic E-state index is 9.37. The monoisotopic (exact) mass is 300 g/mol. The van der Waals surface area contributed by atoms with Crippen molar-refractivity contribution in [3.05, 3.63) is 29.8 Å². The van der Waals surface area contributed by atoms with Gasteiger partial charge in [0.15, 0.2) is 0 Å². The molecule has 0 spiro atoms. The van der Waals surface area contributed by atoms with E-state index < -0.39 is 6.10 Å². The van der Waals surface area contributed by atoms with Gasteiger partial charge in [0.05, 0.1) is 6.10 Å². The van der Waals surface area contributed by atoms with Crippen LogP contribution in [-0.2, 0) is 5.41 Å². The van der Waals surface area contributed by atoms with Crippen LogP contribution < -0.4 is 4.74 Å². The lowest BCUT2D eigenvalue weighted by Crippen LogP contribution is -2.19. The zero-order valence-electron chi connectivity index (χ0n) is 10.7. The van der Waals surface area contributed by atoms with Crippen molar-refractivity contribution in [1.29, 1.82) is 0 Å². The molecule has 2 nitrogen and oxygen atoms in total. The van der Waals surface area contributed by atoms with E-state index in [-0.39, 0.29) is 5.41 Å². The van der Waals surface area contributed by atoms with Crippen LogP contribution in [0.2, 0.25) is 0 Å². The van der Waals surface area contributed by atoms with Gasteiger partial charge in [-0.3, -0.25) is 0 Å². The normalized spacial score (nSPS) is 13.5. The van der Waals surface area contributed by atoms with Gasteiger partial charge in [-0.25, -0.2) is 0 Å². The number of benzene rings is 1. The van der Waals surface area contributed by atoms with E-state index in [2.05, 4.69) is 48.8 Å². The Balaban J connectivity index is 2.62. The molecule has 1 atom stereocenters. The second kappa shape index (κ2) is 6.41. The van der Waals surface area contributed by atoms with E-state index in [4.69, 9.17) is 4.74 Å². The summed E-state index contributed by atoms with van der Waals surface area (Å²) in [6, 6.07) is 8.13. The van der Waals surface area contributed by atoms with Gasteiger partial charge in [-0.1, -0.05) is 48.8 Å². The Hall–Kier alpha value is -0.540. The molecule has 17 heavy (non-hydrogen) atoms. The standard InChI is InChI=1S/C14H21BrO2/c1-4-14(2,3)11-5-7-13(8-6-11)17-10-12(16)9-15/h5-8,12,16H,4,9-10H2,1-3H3. The van der Waals surface area contributed by atoms with Crippen molar-refractivity contribution in [2.24, 2.45) is 0 Å². The Labute approximate surface area is 112 Å². The zero-order valence-corrected chi connectivity index (χ0v) is 12.3. The highest BCUT2D eigenvalue weighted by molar-refractivity contribution is 9.09. The van der Waals surface area contributed by atoms with Crippen LogP contribution >= 0.6 is 15.9 Å². The molecule has 0 amide bonds. The fraction of sp³-hybridized carbons (Fsp3) is 0.571. The van der Waals surface area contributed by atoms with Gasteiger partial charge in [0.25, 0.3) is 0 Å². The highest BCUT2D eigenvalue weighted by Gasteiger charge is 2.17. The molecule has 0 saturated heterocycles. The van der Waals surface area contributed by atoms with Gasteiger partial charge in [0.1, 0.15) is 12.4 Å². The van der Waals surface area contributed by atoms with Crippen LogP contribution in [0.3, 0.4) is 0 Å². The maximum Gasteiger partial charge on any atom is 0.119 e. The molecule has 1 N–H and O–H groups in total. The minimum atomic E-state index is -0.457. The van der Waals surface area contributed by atoms with Crippen molar-refractivity contribution in [3.8, 4) is 5.75 Å². The number of ether oxygens (including phenoxy) is 1. The van der Waals surface area contributed by atoms with Gasteiger partial charge in [-0.15, -0.1) is 0 Å². The number of rotatable bonds is 6. The topological polar surface area (TPSA) is 29.5 Å². The van der Waals surface area contributed by atoms with Crippen LogP contribution in [0.15, 0.2) is 24.3 Å². The van der Waals surface area contributed by atoms with Gasteiger partial charge in [-0.05, 0) is 29.5 Å². The summed E-state index contributed by atoms with van der Waals surface area (Å²) in [6.07, 6.45) is 0.650. The summed E-state index contributed by atoms with van der Waals surface area (Å²) in [7, 11) is 0. The van der Waals surface area contributed by atoms with Gasteiger partial charge in [0, 0.05) is 5.33 Å². The zero-order chi connectivity index (χ0) is 12.9. The number of aliphatic hydroxyl groups excluding tert-OH is 1. The van der Waals surface area contributed by atoms with E-state index in [9.17, 15) is 5.11 Å². The molecule has 0 aliphatic heterocycles. The van der Waals surface area contributed by atoms with E-state index in [1.54, 1.807) is 0 Å². The van der Waals surface area contributed by atoms with Crippen LogP contribution in [0.25, 0.3) is 0 Å². The van der Waals surface area contributed by atoms with Crippen molar-refractivity contribution in [1.82, 2.24) is 0 Å². The van der Waals surface area contributed by atoms with Crippen LogP contribution in [-0.4, -0.2) is 23.1 Å². The molecule has 1 rings (SSSR count). The molecule has 0 radical (unpaired) electrons. The van der Waals surface area contributed by atoms with Crippen LogP contribution in [0.4, 0.5) is 0 Å². The maximum absolute atomic E-state index is 9.37. The third-order valence-electron chi connectivity index (χ3n) is 3.14. The smallest absolute Gasteiger partial charge is 0.119 e. The number of aliphatic hydroxyl groups is 1. The lowest BCUT2D eigenvalue weighted by atomic mass is 9.82. The molecule has 0 fully saturated rings. The molecule has 0 heterocycles. The summed E-state index contributed by atoms with van der Waals surface area (Å²) in [6.45, 7) is 6.98. The molecule has 3 heteroatoms. The first-order valence-electron chi connectivity index (χ1n) is 5.97. The molecule has 96 valence electrons. The Morgan fingerprint density at radius 1 is 1.29 bits per heavy atom. The Morgan fingerprint density at radius 3 is 2.35 bits per heavy atom. The molecule has 1 aromatic rings. The Bertz CT molecular complexity index is 333. The van der Waals surface area contributed by atoms with Crippen LogP contribution in [0.1, 0.15) is 32.8 Å². The first-order chi connectivity index (χ1) is 7.99. The van der Waals surface area contributed by atoms with E-state index in [0.29, 0.717) is 11.9 Å². The summed E-state index contributed by atoms with van der Waals surface area (Å²) in [4.78, 5) is 0. The van der Waals surface area contributed by atoms with E-state index in [0.717, 1.165) is 12.2 Å². The molecule has 0 bridgehead atoms. The molecule has 0 aliphatic rings. The first-order valence-corrected chi connectivity index (χ1v) is 7.09. The highest BCUT2D eigenvalue weighted by atomic mass is 79.9. The third-order valence-corrected chi connectivity index (χ3v) is 3.89. The third kappa shape index (κ3) is 4.32. The highest BCUT2D eigenvalue weighted by Crippen LogP contribution is 2.27. The fourth-order valence-corrected chi connectivity index (χ4v) is 1.63. The average molecular weight is 301 g/mol. The Kier molecular flexibility index (Phi) is 5.47. The van der Waals surface area contributed by atoms with Gasteiger partial charge < -0.3 is 9.84 Å². The molecule has 0 saturated carbocycles. The largest absolute Gasteiger partial charge is 0.491 e. The van der Waals surface area contributed by atoms with E-state index in [1.165, 1.54) is 5.56 Å². The SMILES string of the molecule is CCC(C)(C)c1ccc(OCC(O)CBr)cc1. The van der Waals surface area contributed by atoms with Gasteiger partial charge in [-0.2, -0.15) is 0 Å². The minimum absolute atomic E-state index is 0.202. The number of halogens is 1. The van der Waals surface area contributed by atoms with Gasteiger partial charge >= 0.3 is 0 Å².